The lowest BCUT2D eigenvalue weighted by atomic mass is 9.79. The lowest BCUT2D eigenvalue weighted by Crippen LogP contribution is -2.30. The number of thioether (sulfide) groups is 1. The smallest absolute Gasteiger partial charge is 0.161 e. The van der Waals surface area contributed by atoms with Crippen molar-refractivity contribution >= 4 is 23.2 Å². The van der Waals surface area contributed by atoms with Crippen LogP contribution in [0.5, 0.6) is 0 Å². The zero-order valence-electron chi connectivity index (χ0n) is 12.7. The standard InChI is InChI=1S/C18H20N2OS/c1-10-5-6-11(9-12(10)19)16-17-13(3-2-4-15(17)21)20-14-7-8-22-18(14)16/h5-6,9,16,20H,2-4,7-8,19H2,1H3. The molecule has 0 bridgehead atoms. The molecule has 1 aromatic rings. The fourth-order valence-corrected chi connectivity index (χ4v) is 4.93. The maximum atomic E-state index is 12.6. The Labute approximate surface area is 135 Å². The van der Waals surface area contributed by atoms with E-state index >= 15 is 0 Å². The molecule has 3 N–H and O–H groups in total. The van der Waals surface area contributed by atoms with Crippen LogP contribution >= 0.6 is 11.8 Å². The third kappa shape index (κ3) is 2.09. The van der Waals surface area contributed by atoms with Crippen molar-refractivity contribution in [2.45, 2.75) is 38.5 Å². The van der Waals surface area contributed by atoms with Crippen LogP contribution in [0.25, 0.3) is 0 Å². The van der Waals surface area contributed by atoms with Crippen molar-refractivity contribution in [1.29, 1.82) is 0 Å². The van der Waals surface area contributed by atoms with E-state index in [1.165, 1.54) is 10.6 Å². The molecule has 0 spiro atoms. The number of benzene rings is 1. The molecule has 2 heterocycles. The number of dihydropyridines is 1. The number of carbonyl (C=O) groups is 1. The third-order valence-corrected chi connectivity index (χ3v) is 6.05. The van der Waals surface area contributed by atoms with Gasteiger partial charge in [0.2, 0.25) is 0 Å². The molecule has 0 saturated heterocycles. The first-order valence-electron chi connectivity index (χ1n) is 7.90. The van der Waals surface area contributed by atoms with Gasteiger partial charge in [0, 0.05) is 45.7 Å². The van der Waals surface area contributed by atoms with Crippen molar-refractivity contribution in [2.24, 2.45) is 0 Å². The Hall–Kier alpha value is -1.68. The van der Waals surface area contributed by atoms with E-state index in [4.69, 9.17) is 5.73 Å². The van der Waals surface area contributed by atoms with Gasteiger partial charge in [-0.2, -0.15) is 0 Å². The molecular formula is C18H20N2OS. The minimum atomic E-state index is 0.0921. The van der Waals surface area contributed by atoms with Gasteiger partial charge in [0.15, 0.2) is 5.78 Å². The summed E-state index contributed by atoms with van der Waals surface area (Å²) < 4.78 is 0. The van der Waals surface area contributed by atoms with E-state index in [9.17, 15) is 4.79 Å². The Balaban J connectivity index is 1.87. The number of hydrogen-bond donors (Lipinski definition) is 2. The fourth-order valence-electron chi connectivity index (χ4n) is 3.65. The van der Waals surface area contributed by atoms with Gasteiger partial charge in [-0.3, -0.25) is 4.79 Å². The number of carbonyl (C=O) groups excluding carboxylic acids is 1. The van der Waals surface area contributed by atoms with Gasteiger partial charge >= 0.3 is 0 Å². The summed E-state index contributed by atoms with van der Waals surface area (Å²) in [6.07, 6.45) is 3.69. The van der Waals surface area contributed by atoms with Crippen LogP contribution in [0.1, 0.15) is 42.7 Å². The molecule has 0 radical (unpaired) electrons. The molecule has 114 valence electrons. The number of anilines is 1. The van der Waals surface area contributed by atoms with E-state index < -0.39 is 0 Å². The van der Waals surface area contributed by atoms with Gasteiger partial charge in [-0.25, -0.2) is 0 Å². The molecule has 4 rings (SSSR count). The SMILES string of the molecule is Cc1ccc(C2C3=C(CCS3)NC3=C2C(=O)CCC3)cc1N. The maximum Gasteiger partial charge on any atom is 0.161 e. The molecule has 1 atom stereocenters. The monoisotopic (exact) mass is 312 g/mol. The van der Waals surface area contributed by atoms with Crippen LogP contribution in [-0.4, -0.2) is 11.5 Å². The minimum Gasteiger partial charge on any atom is -0.399 e. The highest BCUT2D eigenvalue weighted by molar-refractivity contribution is 8.03. The topological polar surface area (TPSA) is 55.1 Å². The van der Waals surface area contributed by atoms with E-state index in [2.05, 4.69) is 23.5 Å². The normalized spacial score (nSPS) is 24.2. The molecule has 0 saturated carbocycles. The van der Waals surface area contributed by atoms with Gasteiger partial charge < -0.3 is 11.1 Å². The predicted octanol–water partition coefficient (Wildman–Crippen LogP) is 3.62. The highest BCUT2D eigenvalue weighted by atomic mass is 32.2. The zero-order chi connectivity index (χ0) is 15.3. The van der Waals surface area contributed by atoms with Crippen molar-refractivity contribution in [1.82, 2.24) is 5.32 Å². The second kappa shape index (κ2) is 5.20. The van der Waals surface area contributed by atoms with Gasteiger partial charge in [-0.1, -0.05) is 12.1 Å². The lowest BCUT2D eigenvalue weighted by Gasteiger charge is -2.33. The minimum absolute atomic E-state index is 0.0921. The Morgan fingerprint density at radius 3 is 2.91 bits per heavy atom. The number of ketones is 1. The molecular weight excluding hydrogens is 292 g/mol. The Morgan fingerprint density at radius 2 is 2.09 bits per heavy atom. The average Bonchev–Trinajstić information content (AvgIpc) is 2.96. The first-order chi connectivity index (χ1) is 10.6. The summed E-state index contributed by atoms with van der Waals surface area (Å²) in [6, 6.07) is 6.26. The molecule has 3 aliphatic rings. The maximum absolute atomic E-state index is 12.6. The van der Waals surface area contributed by atoms with Crippen LogP contribution in [0.4, 0.5) is 5.69 Å². The summed E-state index contributed by atoms with van der Waals surface area (Å²) in [7, 11) is 0. The molecule has 0 amide bonds. The molecule has 1 unspecified atom stereocenters. The number of allylic oxidation sites excluding steroid dienone is 4. The van der Waals surface area contributed by atoms with Crippen molar-refractivity contribution in [3.63, 3.8) is 0 Å². The summed E-state index contributed by atoms with van der Waals surface area (Å²) in [5.41, 5.74) is 12.7. The molecule has 3 nitrogen and oxygen atoms in total. The molecule has 22 heavy (non-hydrogen) atoms. The number of nitrogens with one attached hydrogen (secondary N) is 1. The Morgan fingerprint density at radius 1 is 1.23 bits per heavy atom. The Kier molecular flexibility index (Phi) is 3.30. The van der Waals surface area contributed by atoms with E-state index in [-0.39, 0.29) is 5.92 Å². The van der Waals surface area contributed by atoms with E-state index in [1.807, 2.05) is 18.7 Å². The van der Waals surface area contributed by atoms with Crippen LogP contribution in [0.15, 0.2) is 40.1 Å². The fraction of sp³-hybridized carbons (Fsp3) is 0.389. The van der Waals surface area contributed by atoms with Gasteiger partial charge in [0.25, 0.3) is 0 Å². The van der Waals surface area contributed by atoms with Crippen molar-refractivity contribution in [3.05, 3.63) is 51.2 Å². The van der Waals surface area contributed by atoms with Gasteiger partial charge in [-0.05, 0) is 43.4 Å². The van der Waals surface area contributed by atoms with E-state index in [1.54, 1.807) is 0 Å². The van der Waals surface area contributed by atoms with Crippen molar-refractivity contribution in [3.8, 4) is 0 Å². The summed E-state index contributed by atoms with van der Waals surface area (Å²) in [5, 5.41) is 3.56. The largest absolute Gasteiger partial charge is 0.399 e. The number of nitrogen functional groups attached to an aromatic ring is 1. The van der Waals surface area contributed by atoms with E-state index in [0.717, 1.165) is 53.1 Å². The molecule has 4 heteroatoms. The quantitative estimate of drug-likeness (QED) is 0.778. The number of hydrogen-bond acceptors (Lipinski definition) is 4. The van der Waals surface area contributed by atoms with Crippen LogP contribution in [0.3, 0.4) is 0 Å². The predicted molar refractivity (Wildman–Crippen MR) is 91.5 cm³/mol. The molecule has 0 aromatic heterocycles. The second-order valence-electron chi connectivity index (χ2n) is 6.28. The molecule has 1 aromatic carbocycles. The summed E-state index contributed by atoms with van der Waals surface area (Å²) in [5.74, 6) is 1.50. The number of rotatable bonds is 1. The summed E-state index contributed by atoms with van der Waals surface area (Å²) >= 11 is 1.89. The second-order valence-corrected chi connectivity index (χ2v) is 7.42. The van der Waals surface area contributed by atoms with Gasteiger partial charge in [-0.15, -0.1) is 11.8 Å². The summed E-state index contributed by atoms with van der Waals surface area (Å²) in [6.45, 7) is 2.02. The van der Waals surface area contributed by atoms with Gasteiger partial charge in [0.05, 0.1) is 0 Å². The summed E-state index contributed by atoms with van der Waals surface area (Å²) in [4.78, 5) is 13.9. The first kappa shape index (κ1) is 13.9. The van der Waals surface area contributed by atoms with Crippen LogP contribution < -0.4 is 11.1 Å². The molecule has 1 aliphatic carbocycles. The Bertz CT molecular complexity index is 733. The highest BCUT2D eigenvalue weighted by Crippen LogP contribution is 2.50. The number of aryl methyl sites for hydroxylation is 1. The number of nitrogens with two attached hydrogens (primary N) is 1. The van der Waals surface area contributed by atoms with Crippen molar-refractivity contribution < 1.29 is 4.79 Å². The van der Waals surface area contributed by atoms with Crippen molar-refractivity contribution in [2.75, 3.05) is 11.5 Å². The molecule has 2 aliphatic heterocycles. The van der Waals surface area contributed by atoms with Gasteiger partial charge in [0.1, 0.15) is 0 Å². The lowest BCUT2D eigenvalue weighted by molar-refractivity contribution is -0.116. The van der Waals surface area contributed by atoms with Crippen LogP contribution in [-0.2, 0) is 4.79 Å². The highest BCUT2D eigenvalue weighted by Gasteiger charge is 2.38. The first-order valence-corrected chi connectivity index (χ1v) is 8.89. The van der Waals surface area contributed by atoms with E-state index in [0.29, 0.717) is 12.2 Å². The van der Waals surface area contributed by atoms with Crippen LogP contribution in [0, 0.1) is 6.92 Å². The zero-order valence-corrected chi connectivity index (χ0v) is 13.6. The average molecular weight is 312 g/mol. The molecule has 0 fully saturated rings. The third-order valence-electron chi connectivity index (χ3n) is 4.85. The number of Topliss-reactive ketones (excluding diaryl/α,β-unsaturated/α-hetero) is 1. The van der Waals surface area contributed by atoms with Crippen LogP contribution in [0.2, 0.25) is 0 Å².